The van der Waals surface area contributed by atoms with Gasteiger partial charge in [0.2, 0.25) is 0 Å². The molecule has 1 aliphatic heterocycles. The van der Waals surface area contributed by atoms with E-state index in [0.717, 1.165) is 25.1 Å². The summed E-state index contributed by atoms with van der Waals surface area (Å²) in [5.41, 5.74) is 1.10. The SMILES string of the molecule is O=C(O)c1ncn2c1CCC2. The van der Waals surface area contributed by atoms with Crippen molar-refractivity contribution in [3.8, 4) is 0 Å². The Morgan fingerprint density at radius 1 is 1.73 bits per heavy atom. The summed E-state index contributed by atoms with van der Waals surface area (Å²) in [4.78, 5) is 14.3. The van der Waals surface area contributed by atoms with E-state index in [1.54, 1.807) is 6.33 Å². The van der Waals surface area contributed by atoms with Crippen LogP contribution in [0.1, 0.15) is 22.6 Å². The molecule has 0 amide bonds. The van der Waals surface area contributed by atoms with E-state index in [0.29, 0.717) is 0 Å². The smallest absolute Gasteiger partial charge is 0.356 e. The molecule has 0 unspecified atom stereocenters. The van der Waals surface area contributed by atoms with Gasteiger partial charge in [-0.05, 0) is 12.8 Å². The summed E-state index contributed by atoms with van der Waals surface area (Å²) in [6.45, 7) is 0.912. The minimum Gasteiger partial charge on any atom is -0.476 e. The second-order valence-electron chi connectivity index (χ2n) is 2.64. The summed E-state index contributed by atoms with van der Waals surface area (Å²) < 4.78 is 1.91. The Balaban J connectivity index is 2.50. The van der Waals surface area contributed by atoms with Gasteiger partial charge in [-0.3, -0.25) is 0 Å². The summed E-state index contributed by atoms with van der Waals surface area (Å²) in [6.07, 6.45) is 3.49. The maximum absolute atomic E-state index is 10.5. The van der Waals surface area contributed by atoms with Crippen molar-refractivity contribution in [3.63, 3.8) is 0 Å². The fourth-order valence-corrected chi connectivity index (χ4v) is 1.46. The lowest BCUT2D eigenvalue weighted by Gasteiger charge is -1.92. The number of imidazole rings is 1. The van der Waals surface area contributed by atoms with Gasteiger partial charge in [0.1, 0.15) is 0 Å². The Morgan fingerprint density at radius 2 is 2.55 bits per heavy atom. The first-order valence-electron chi connectivity index (χ1n) is 3.56. The molecule has 11 heavy (non-hydrogen) atoms. The third-order valence-electron chi connectivity index (χ3n) is 1.96. The fourth-order valence-electron chi connectivity index (χ4n) is 1.46. The number of carboxylic acid groups (broad SMARTS) is 1. The average Bonchev–Trinajstić information content (AvgIpc) is 2.41. The standard InChI is InChI=1S/C7H8N2O2/c10-7(11)6-5-2-1-3-9(5)4-8-6/h4H,1-3H2,(H,10,11). The summed E-state index contributed by atoms with van der Waals surface area (Å²) in [5, 5.41) is 8.66. The number of carboxylic acids is 1. The van der Waals surface area contributed by atoms with Gasteiger partial charge >= 0.3 is 5.97 Å². The quantitative estimate of drug-likeness (QED) is 0.638. The number of aromatic carboxylic acids is 1. The zero-order chi connectivity index (χ0) is 7.84. The van der Waals surface area contributed by atoms with Crippen LogP contribution in [0.5, 0.6) is 0 Å². The third kappa shape index (κ3) is 0.824. The van der Waals surface area contributed by atoms with Crippen LogP contribution in [0.3, 0.4) is 0 Å². The third-order valence-corrected chi connectivity index (χ3v) is 1.96. The molecular weight excluding hydrogens is 144 g/mol. The Bertz CT molecular complexity index is 303. The Kier molecular flexibility index (Phi) is 1.21. The molecule has 0 fully saturated rings. The normalized spacial score (nSPS) is 14.9. The molecule has 1 aliphatic rings. The molecule has 58 valence electrons. The van der Waals surface area contributed by atoms with Crippen molar-refractivity contribution in [3.05, 3.63) is 17.7 Å². The number of hydrogen-bond donors (Lipinski definition) is 1. The highest BCUT2D eigenvalue weighted by Crippen LogP contribution is 2.17. The number of nitrogens with zero attached hydrogens (tertiary/aromatic N) is 2. The van der Waals surface area contributed by atoms with Crippen LogP contribution >= 0.6 is 0 Å². The zero-order valence-corrected chi connectivity index (χ0v) is 5.95. The van der Waals surface area contributed by atoms with E-state index in [4.69, 9.17) is 5.11 Å². The summed E-state index contributed by atoms with van der Waals surface area (Å²) in [7, 11) is 0. The average molecular weight is 152 g/mol. The zero-order valence-electron chi connectivity index (χ0n) is 5.95. The second-order valence-corrected chi connectivity index (χ2v) is 2.64. The Morgan fingerprint density at radius 3 is 3.27 bits per heavy atom. The van der Waals surface area contributed by atoms with Crippen LogP contribution in [0.15, 0.2) is 6.33 Å². The number of aromatic nitrogens is 2. The van der Waals surface area contributed by atoms with Gasteiger partial charge in [-0.15, -0.1) is 0 Å². The maximum atomic E-state index is 10.5. The largest absolute Gasteiger partial charge is 0.476 e. The number of aryl methyl sites for hydroxylation is 1. The molecule has 0 bridgehead atoms. The molecule has 2 heterocycles. The van der Waals surface area contributed by atoms with Crippen molar-refractivity contribution in [1.82, 2.24) is 9.55 Å². The van der Waals surface area contributed by atoms with Gasteiger partial charge in [-0.1, -0.05) is 0 Å². The summed E-state index contributed by atoms with van der Waals surface area (Å²) in [5.74, 6) is -0.916. The minimum atomic E-state index is -0.916. The minimum absolute atomic E-state index is 0.225. The van der Waals surface area contributed by atoms with Crippen LogP contribution in [0.2, 0.25) is 0 Å². The van der Waals surface area contributed by atoms with E-state index < -0.39 is 5.97 Å². The molecule has 4 nitrogen and oxygen atoms in total. The Labute approximate surface area is 63.5 Å². The van der Waals surface area contributed by atoms with Gasteiger partial charge in [0.25, 0.3) is 0 Å². The topological polar surface area (TPSA) is 55.1 Å². The second kappa shape index (κ2) is 2.08. The van der Waals surface area contributed by atoms with E-state index in [1.165, 1.54) is 0 Å². The van der Waals surface area contributed by atoms with E-state index in [9.17, 15) is 4.79 Å². The van der Waals surface area contributed by atoms with Crippen LogP contribution in [-0.4, -0.2) is 20.6 Å². The molecule has 0 saturated carbocycles. The van der Waals surface area contributed by atoms with Crippen molar-refractivity contribution in [2.45, 2.75) is 19.4 Å². The molecule has 0 aliphatic carbocycles. The van der Waals surface area contributed by atoms with Crippen molar-refractivity contribution in [2.75, 3.05) is 0 Å². The van der Waals surface area contributed by atoms with Crippen LogP contribution in [-0.2, 0) is 13.0 Å². The van der Waals surface area contributed by atoms with Crippen molar-refractivity contribution in [1.29, 1.82) is 0 Å². The lowest BCUT2D eigenvalue weighted by Crippen LogP contribution is -2.00. The van der Waals surface area contributed by atoms with Gasteiger partial charge in [0, 0.05) is 6.54 Å². The van der Waals surface area contributed by atoms with Crippen LogP contribution in [0.25, 0.3) is 0 Å². The number of fused-ring (bicyclic) bond motifs is 1. The highest BCUT2D eigenvalue weighted by molar-refractivity contribution is 5.86. The first kappa shape index (κ1) is 6.39. The summed E-state index contributed by atoms with van der Waals surface area (Å²) >= 11 is 0. The van der Waals surface area contributed by atoms with Crippen LogP contribution < -0.4 is 0 Å². The molecule has 0 radical (unpaired) electrons. The van der Waals surface area contributed by atoms with E-state index in [-0.39, 0.29) is 5.69 Å². The van der Waals surface area contributed by atoms with E-state index in [2.05, 4.69) is 4.98 Å². The van der Waals surface area contributed by atoms with Crippen LogP contribution in [0, 0.1) is 0 Å². The lowest BCUT2D eigenvalue weighted by atomic mass is 10.2. The maximum Gasteiger partial charge on any atom is 0.356 e. The molecule has 0 saturated heterocycles. The monoisotopic (exact) mass is 152 g/mol. The predicted octanol–water partition coefficient (Wildman–Crippen LogP) is 0.528. The molecule has 0 spiro atoms. The fraction of sp³-hybridized carbons (Fsp3) is 0.429. The van der Waals surface area contributed by atoms with Gasteiger partial charge in [0.15, 0.2) is 5.69 Å². The highest BCUT2D eigenvalue weighted by Gasteiger charge is 2.20. The van der Waals surface area contributed by atoms with Gasteiger partial charge in [-0.25, -0.2) is 9.78 Å². The van der Waals surface area contributed by atoms with Gasteiger partial charge in [-0.2, -0.15) is 0 Å². The molecule has 2 rings (SSSR count). The molecule has 0 aromatic carbocycles. The highest BCUT2D eigenvalue weighted by atomic mass is 16.4. The van der Waals surface area contributed by atoms with Gasteiger partial charge < -0.3 is 9.67 Å². The van der Waals surface area contributed by atoms with Gasteiger partial charge in [0.05, 0.1) is 12.0 Å². The van der Waals surface area contributed by atoms with E-state index >= 15 is 0 Å². The van der Waals surface area contributed by atoms with Crippen molar-refractivity contribution in [2.24, 2.45) is 0 Å². The molecule has 0 atom stereocenters. The summed E-state index contributed by atoms with van der Waals surface area (Å²) in [6, 6.07) is 0. The number of carbonyl (C=O) groups is 1. The molecule has 4 heteroatoms. The van der Waals surface area contributed by atoms with Crippen molar-refractivity contribution < 1.29 is 9.90 Å². The first-order valence-corrected chi connectivity index (χ1v) is 3.56. The van der Waals surface area contributed by atoms with Crippen molar-refractivity contribution >= 4 is 5.97 Å². The number of hydrogen-bond acceptors (Lipinski definition) is 2. The van der Waals surface area contributed by atoms with Crippen LogP contribution in [0.4, 0.5) is 0 Å². The number of rotatable bonds is 1. The molecular formula is C7H8N2O2. The van der Waals surface area contributed by atoms with E-state index in [1.807, 2.05) is 4.57 Å². The first-order chi connectivity index (χ1) is 5.29. The molecule has 1 N–H and O–H groups in total. The molecule has 1 aromatic heterocycles. The lowest BCUT2D eigenvalue weighted by molar-refractivity contribution is 0.0690. The Hall–Kier alpha value is -1.32. The predicted molar refractivity (Wildman–Crippen MR) is 37.5 cm³/mol. The molecule has 1 aromatic rings.